The molecule has 0 aliphatic rings. The summed E-state index contributed by atoms with van der Waals surface area (Å²) in [6, 6.07) is 26.2. The van der Waals surface area contributed by atoms with Crippen molar-refractivity contribution in [3.63, 3.8) is 0 Å². The van der Waals surface area contributed by atoms with Crippen LogP contribution >= 0.6 is 23.8 Å². The fourth-order valence-electron chi connectivity index (χ4n) is 4.08. The van der Waals surface area contributed by atoms with Crippen molar-refractivity contribution in [1.82, 2.24) is 23.9 Å². The van der Waals surface area contributed by atoms with Crippen molar-refractivity contribution in [2.24, 2.45) is 0 Å². The van der Waals surface area contributed by atoms with Crippen LogP contribution in [0.2, 0.25) is 5.02 Å². The van der Waals surface area contributed by atoms with E-state index in [1.807, 2.05) is 64.1 Å². The summed E-state index contributed by atoms with van der Waals surface area (Å²) in [5.41, 5.74) is 4.11. The van der Waals surface area contributed by atoms with Gasteiger partial charge in [0.05, 0.1) is 41.7 Å². The first-order chi connectivity index (χ1) is 16.1. The largest absolute Gasteiger partial charge is 0.323 e. The molecule has 0 aliphatic heterocycles. The number of benzene rings is 3. The van der Waals surface area contributed by atoms with Crippen LogP contribution in [0.15, 0.2) is 85.2 Å². The lowest BCUT2D eigenvalue weighted by Gasteiger charge is -2.13. The van der Waals surface area contributed by atoms with E-state index < -0.39 is 0 Å². The van der Waals surface area contributed by atoms with E-state index in [0.717, 1.165) is 29.1 Å². The van der Waals surface area contributed by atoms with Gasteiger partial charge < -0.3 is 9.47 Å². The van der Waals surface area contributed by atoms with E-state index in [1.165, 1.54) is 10.5 Å². The third kappa shape index (κ3) is 4.48. The Balaban J connectivity index is 1.53. The Morgan fingerprint density at radius 2 is 1.67 bits per heavy atom. The number of rotatable bonds is 7. The van der Waals surface area contributed by atoms with E-state index in [-0.39, 0.29) is 0 Å². The molecule has 0 fully saturated rings. The number of fused-ring (bicyclic) bond motifs is 1. The molecule has 0 bridgehead atoms. The zero-order chi connectivity index (χ0) is 22.8. The van der Waals surface area contributed by atoms with Crippen LogP contribution in [0, 0.1) is 4.77 Å². The average Bonchev–Trinajstić information content (AvgIpc) is 3.36. The maximum Gasteiger partial charge on any atom is 0.207 e. The first kappa shape index (κ1) is 21.6. The molecule has 8 heteroatoms. The first-order valence-electron chi connectivity index (χ1n) is 10.8. The smallest absolute Gasteiger partial charge is 0.207 e. The SMILES string of the molecule is C[NH+](Cc1ccccc1)Cn1nc(Cn2cnc3ccccc32)n(-c2ccccc2Cl)c1=S. The van der Waals surface area contributed by atoms with Gasteiger partial charge in [0.2, 0.25) is 4.77 Å². The van der Waals surface area contributed by atoms with Crippen molar-refractivity contribution in [1.29, 1.82) is 0 Å². The quantitative estimate of drug-likeness (QED) is 0.360. The van der Waals surface area contributed by atoms with Gasteiger partial charge in [-0.05, 0) is 36.5 Å². The van der Waals surface area contributed by atoms with Gasteiger partial charge in [-0.3, -0.25) is 4.57 Å². The number of halogens is 1. The summed E-state index contributed by atoms with van der Waals surface area (Å²) in [6.45, 7) is 2.05. The van der Waals surface area contributed by atoms with E-state index in [9.17, 15) is 0 Å². The maximum atomic E-state index is 6.57. The Kier molecular flexibility index (Phi) is 6.09. The number of nitrogens with zero attached hydrogens (tertiary/aromatic N) is 5. The molecule has 0 spiro atoms. The second-order valence-corrected chi connectivity index (χ2v) is 8.90. The van der Waals surface area contributed by atoms with Crippen LogP contribution in [0.5, 0.6) is 0 Å². The zero-order valence-corrected chi connectivity index (χ0v) is 19.8. The molecule has 166 valence electrons. The molecule has 5 aromatic rings. The lowest BCUT2D eigenvalue weighted by Crippen LogP contribution is -3.07. The highest BCUT2D eigenvalue weighted by atomic mass is 35.5. The molecule has 1 unspecified atom stereocenters. The number of quaternary nitrogens is 1. The molecule has 0 saturated heterocycles. The summed E-state index contributed by atoms with van der Waals surface area (Å²) in [5.74, 6) is 0.809. The monoisotopic (exact) mass is 475 g/mol. The van der Waals surface area contributed by atoms with E-state index in [4.69, 9.17) is 28.9 Å². The van der Waals surface area contributed by atoms with Gasteiger partial charge in [-0.25, -0.2) is 4.98 Å². The Labute approximate surface area is 202 Å². The highest BCUT2D eigenvalue weighted by molar-refractivity contribution is 7.71. The zero-order valence-electron chi connectivity index (χ0n) is 18.2. The molecular weight excluding hydrogens is 452 g/mol. The third-order valence-electron chi connectivity index (χ3n) is 5.61. The highest BCUT2D eigenvalue weighted by Crippen LogP contribution is 2.23. The van der Waals surface area contributed by atoms with Crippen molar-refractivity contribution < 1.29 is 4.90 Å². The van der Waals surface area contributed by atoms with Crippen LogP contribution in [0.25, 0.3) is 16.7 Å². The molecule has 5 rings (SSSR count). The molecule has 0 amide bonds. The molecule has 0 aliphatic carbocycles. The lowest BCUT2D eigenvalue weighted by atomic mass is 10.2. The third-order valence-corrected chi connectivity index (χ3v) is 6.32. The Bertz CT molecular complexity index is 1450. The number of hydrogen-bond donors (Lipinski definition) is 1. The fraction of sp³-hybridized carbons (Fsp3) is 0.160. The van der Waals surface area contributed by atoms with Gasteiger partial charge in [0.15, 0.2) is 12.5 Å². The first-order valence-corrected chi connectivity index (χ1v) is 11.6. The molecule has 33 heavy (non-hydrogen) atoms. The van der Waals surface area contributed by atoms with Crippen molar-refractivity contribution in [2.75, 3.05) is 7.05 Å². The molecule has 3 aromatic carbocycles. The molecule has 6 nitrogen and oxygen atoms in total. The summed E-state index contributed by atoms with van der Waals surface area (Å²) >= 11 is 12.5. The lowest BCUT2D eigenvalue weighted by molar-refractivity contribution is -0.917. The molecule has 0 saturated carbocycles. The van der Waals surface area contributed by atoms with E-state index in [1.54, 1.807) is 0 Å². The van der Waals surface area contributed by atoms with Crippen LogP contribution in [0.3, 0.4) is 0 Å². The number of aromatic nitrogens is 5. The molecule has 1 atom stereocenters. The average molecular weight is 476 g/mol. The minimum absolute atomic E-state index is 0.528. The maximum absolute atomic E-state index is 6.57. The predicted octanol–water partition coefficient (Wildman–Crippen LogP) is 4.13. The van der Waals surface area contributed by atoms with Gasteiger partial charge >= 0.3 is 0 Å². The summed E-state index contributed by atoms with van der Waals surface area (Å²) < 4.78 is 6.58. The molecular formula is C25H24ClN6S+. The van der Waals surface area contributed by atoms with Gasteiger partial charge in [-0.2, -0.15) is 4.68 Å². The van der Waals surface area contributed by atoms with E-state index in [0.29, 0.717) is 23.0 Å². The summed E-state index contributed by atoms with van der Waals surface area (Å²) in [5, 5.41) is 5.57. The van der Waals surface area contributed by atoms with Gasteiger partial charge in [-0.15, -0.1) is 5.10 Å². The molecule has 2 aromatic heterocycles. The van der Waals surface area contributed by atoms with Crippen LogP contribution < -0.4 is 4.90 Å². The van der Waals surface area contributed by atoms with Crippen LogP contribution in [0.1, 0.15) is 11.4 Å². The van der Waals surface area contributed by atoms with Crippen molar-refractivity contribution in [2.45, 2.75) is 19.8 Å². The van der Waals surface area contributed by atoms with E-state index >= 15 is 0 Å². The van der Waals surface area contributed by atoms with Crippen molar-refractivity contribution in [3.05, 3.63) is 106 Å². The van der Waals surface area contributed by atoms with Crippen LogP contribution in [0.4, 0.5) is 0 Å². The normalized spacial score (nSPS) is 12.3. The fourth-order valence-corrected chi connectivity index (χ4v) is 4.61. The van der Waals surface area contributed by atoms with Crippen molar-refractivity contribution >= 4 is 34.9 Å². The van der Waals surface area contributed by atoms with Gasteiger partial charge in [-0.1, -0.05) is 66.2 Å². The second kappa shape index (κ2) is 9.31. The second-order valence-electron chi connectivity index (χ2n) is 8.12. The summed E-state index contributed by atoms with van der Waals surface area (Å²) in [6.07, 6.45) is 1.84. The highest BCUT2D eigenvalue weighted by Gasteiger charge is 2.18. The standard InChI is InChI=1S/C25H23ClN6S/c1-29(15-19-9-3-2-4-10-19)18-31-25(33)32(22-13-7-5-11-20(22)26)24(28-31)16-30-17-27-21-12-6-8-14-23(21)30/h2-14,17H,15-16,18H2,1H3/p+1. The number of hydrogen-bond acceptors (Lipinski definition) is 3. The number of nitrogens with one attached hydrogen (secondary N) is 1. The number of imidazole rings is 1. The van der Waals surface area contributed by atoms with E-state index in [2.05, 4.69) is 46.9 Å². The Morgan fingerprint density at radius 3 is 2.48 bits per heavy atom. The summed E-state index contributed by atoms with van der Waals surface area (Å²) in [7, 11) is 2.15. The topological polar surface area (TPSA) is 45.0 Å². The minimum Gasteiger partial charge on any atom is -0.323 e. The van der Waals surface area contributed by atoms with Gasteiger partial charge in [0.1, 0.15) is 6.54 Å². The van der Waals surface area contributed by atoms with Crippen LogP contribution in [-0.4, -0.2) is 30.9 Å². The van der Waals surface area contributed by atoms with Gasteiger partial charge in [0, 0.05) is 5.56 Å². The van der Waals surface area contributed by atoms with Crippen LogP contribution in [-0.2, 0) is 19.8 Å². The predicted molar refractivity (Wildman–Crippen MR) is 133 cm³/mol. The Morgan fingerprint density at radius 1 is 0.939 bits per heavy atom. The van der Waals surface area contributed by atoms with Gasteiger partial charge in [0.25, 0.3) is 0 Å². The van der Waals surface area contributed by atoms with Crippen molar-refractivity contribution in [3.8, 4) is 5.69 Å². The molecule has 1 N–H and O–H groups in total. The number of para-hydroxylation sites is 3. The molecule has 0 radical (unpaired) electrons. The summed E-state index contributed by atoms with van der Waals surface area (Å²) in [4.78, 5) is 5.80. The molecule has 2 heterocycles. The minimum atomic E-state index is 0.528. The Hall–Kier alpha value is -3.26.